The lowest BCUT2D eigenvalue weighted by atomic mass is 9.71. The Bertz CT molecular complexity index is 1280. The molecular weight excluding hydrogens is 534 g/mol. The predicted molar refractivity (Wildman–Crippen MR) is 161 cm³/mol. The van der Waals surface area contributed by atoms with Crippen molar-refractivity contribution in [1.29, 1.82) is 0 Å². The number of nitrogens with two attached hydrogens (primary N) is 1. The van der Waals surface area contributed by atoms with Crippen molar-refractivity contribution in [1.82, 2.24) is 10.6 Å². The number of nitrogens with one attached hydrogen (secondary N) is 2. The van der Waals surface area contributed by atoms with Crippen LogP contribution in [0.4, 0.5) is 0 Å². The average molecular weight is 580 g/mol. The maximum atomic E-state index is 14.0. The molecule has 5 N–H and O–H groups in total. The van der Waals surface area contributed by atoms with Crippen molar-refractivity contribution in [2.75, 3.05) is 32.8 Å². The van der Waals surface area contributed by atoms with E-state index in [4.69, 9.17) is 15.2 Å². The molecule has 0 radical (unpaired) electrons. The number of benzene rings is 1. The first-order valence-electron chi connectivity index (χ1n) is 15.2. The Morgan fingerprint density at radius 1 is 1.19 bits per heavy atom. The maximum absolute atomic E-state index is 14.0. The summed E-state index contributed by atoms with van der Waals surface area (Å²) in [7, 11) is 0. The summed E-state index contributed by atoms with van der Waals surface area (Å²) in [5.41, 5.74) is 5.00. The van der Waals surface area contributed by atoms with Crippen LogP contribution in [0.15, 0.2) is 59.0 Å². The summed E-state index contributed by atoms with van der Waals surface area (Å²) in [5, 5.41) is 16.8. The van der Waals surface area contributed by atoms with Crippen LogP contribution in [0, 0.1) is 5.92 Å². The molecule has 0 amide bonds. The first kappa shape index (κ1) is 31.7. The number of hydrogen-bond acceptors (Lipinski definition) is 9. The van der Waals surface area contributed by atoms with Crippen LogP contribution in [0.2, 0.25) is 0 Å². The van der Waals surface area contributed by atoms with Crippen molar-refractivity contribution >= 4 is 17.5 Å². The van der Waals surface area contributed by atoms with Gasteiger partial charge in [-0.05, 0) is 56.4 Å². The lowest BCUT2D eigenvalue weighted by Crippen LogP contribution is -2.51. The predicted octanol–water partition coefficient (Wildman–Crippen LogP) is 3.73. The number of ketones is 2. The molecule has 1 aromatic carbocycles. The Morgan fingerprint density at radius 2 is 1.93 bits per heavy atom. The summed E-state index contributed by atoms with van der Waals surface area (Å²) in [6, 6.07) is 6.49. The van der Waals surface area contributed by atoms with E-state index in [1.807, 2.05) is 13.0 Å². The fourth-order valence-corrected chi connectivity index (χ4v) is 5.95. The molecule has 42 heavy (non-hydrogen) atoms. The molecule has 3 aliphatic rings. The molecule has 1 aromatic rings. The number of hydrogen-bond donors (Lipinski definition) is 4. The van der Waals surface area contributed by atoms with Crippen molar-refractivity contribution in [3.63, 3.8) is 0 Å². The molecule has 2 heterocycles. The lowest BCUT2D eigenvalue weighted by Gasteiger charge is -2.26. The van der Waals surface area contributed by atoms with Gasteiger partial charge in [0.2, 0.25) is 5.78 Å². The summed E-state index contributed by atoms with van der Waals surface area (Å²) in [6.07, 6.45) is 9.05. The minimum atomic E-state index is -2.06. The van der Waals surface area contributed by atoms with E-state index in [1.54, 1.807) is 24.3 Å². The lowest BCUT2D eigenvalue weighted by molar-refractivity contribution is -0.149. The van der Waals surface area contributed by atoms with Gasteiger partial charge in [0.15, 0.2) is 11.4 Å². The minimum absolute atomic E-state index is 0.0702. The van der Waals surface area contributed by atoms with Crippen LogP contribution in [0.3, 0.4) is 0 Å². The largest absolute Gasteiger partial charge is 0.463 e. The van der Waals surface area contributed by atoms with Crippen molar-refractivity contribution in [2.24, 2.45) is 11.7 Å². The number of rotatable bonds is 16. The molecule has 2 aliphatic heterocycles. The molecule has 4 rings (SSSR count). The maximum Gasteiger partial charge on any atom is 0.350 e. The number of carbonyl (C=O) groups is 3. The van der Waals surface area contributed by atoms with E-state index in [2.05, 4.69) is 30.6 Å². The summed E-state index contributed by atoms with van der Waals surface area (Å²) >= 11 is 0. The fraction of sp³-hybridized carbons (Fsp3) is 0.545. The van der Waals surface area contributed by atoms with Gasteiger partial charge in [0.25, 0.3) is 5.60 Å². The zero-order valence-electron chi connectivity index (χ0n) is 25.1. The second-order valence-electron chi connectivity index (χ2n) is 11.6. The normalized spacial score (nSPS) is 24.0. The molecule has 9 heteroatoms. The highest BCUT2D eigenvalue weighted by molar-refractivity contribution is 6.32. The molecular formula is C33H45N3O6. The van der Waals surface area contributed by atoms with Crippen molar-refractivity contribution in [3.8, 4) is 0 Å². The van der Waals surface area contributed by atoms with Crippen LogP contribution in [-0.4, -0.2) is 66.7 Å². The number of fused-ring (bicyclic) bond motifs is 2. The number of allylic oxidation sites excluding steroid dienone is 3. The monoisotopic (exact) mass is 579 g/mol. The molecule has 9 nitrogen and oxygen atoms in total. The Hall–Kier alpha value is -3.27. The first-order chi connectivity index (χ1) is 20.2. The Kier molecular flexibility index (Phi) is 10.4. The Morgan fingerprint density at radius 3 is 2.60 bits per heavy atom. The number of esters is 1. The molecule has 3 atom stereocenters. The topological polar surface area (TPSA) is 143 Å². The van der Waals surface area contributed by atoms with Gasteiger partial charge >= 0.3 is 5.97 Å². The van der Waals surface area contributed by atoms with E-state index in [0.717, 1.165) is 43.4 Å². The van der Waals surface area contributed by atoms with Gasteiger partial charge in [-0.3, -0.25) is 9.59 Å². The SMILES string of the molecule is CCCCC(CNCCC)COC(=O)C12OC1(CC(CO)=C(C)CCC1=CCNC(N)=C1)C(=O)c1ccccc1C2=O. The molecule has 228 valence electrons. The van der Waals surface area contributed by atoms with Gasteiger partial charge in [-0.15, -0.1) is 0 Å². The summed E-state index contributed by atoms with van der Waals surface area (Å²) in [4.78, 5) is 41.7. The minimum Gasteiger partial charge on any atom is -0.463 e. The Labute approximate surface area is 248 Å². The third-order valence-electron chi connectivity index (χ3n) is 8.58. The summed E-state index contributed by atoms with van der Waals surface area (Å²) < 4.78 is 11.8. The highest BCUT2D eigenvalue weighted by Crippen LogP contribution is 2.59. The van der Waals surface area contributed by atoms with Crippen LogP contribution in [0.1, 0.15) is 86.4 Å². The van der Waals surface area contributed by atoms with Gasteiger partial charge in [-0.25, -0.2) is 4.79 Å². The van der Waals surface area contributed by atoms with E-state index >= 15 is 0 Å². The van der Waals surface area contributed by atoms with Crippen LogP contribution in [-0.2, 0) is 14.3 Å². The van der Waals surface area contributed by atoms with Crippen molar-refractivity contribution in [3.05, 3.63) is 70.1 Å². The Balaban J connectivity index is 1.59. The number of carbonyl (C=O) groups excluding carboxylic acids is 3. The fourth-order valence-electron chi connectivity index (χ4n) is 5.95. The number of aliphatic hydroxyl groups excluding tert-OH is 1. The smallest absolute Gasteiger partial charge is 0.350 e. The number of Topliss-reactive ketones (excluding diaryl/α,β-unsaturated/α-hetero) is 2. The molecule has 1 fully saturated rings. The van der Waals surface area contributed by atoms with Gasteiger partial charge < -0.3 is 30.9 Å². The number of ether oxygens (including phenoxy) is 2. The van der Waals surface area contributed by atoms with Gasteiger partial charge in [-0.2, -0.15) is 0 Å². The molecule has 3 unspecified atom stereocenters. The average Bonchev–Trinajstić information content (AvgIpc) is 3.70. The number of epoxide rings is 1. The van der Waals surface area contributed by atoms with E-state index in [0.29, 0.717) is 37.3 Å². The number of dihydropyridines is 1. The van der Waals surface area contributed by atoms with Crippen molar-refractivity contribution < 1.29 is 29.0 Å². The zero-order valence-corrected chi connectivity index (χ0v) is 25.1. The second kappa shape index (κ2) is 13.8. The number of aliphatic hydroxyl groups is 1. The molecule has 0 bridgehead atoms. The molecule has 1 saturated heterocycles. The van der Waals surface area contributed by atoms with Gasteiger partial charge in [0, 0.05) is 36.6 Å². The third kappa shape index (κ3) is 6.23. The van der Waals surface area contributed by atoms with E-state index in [-0.39, 0.29) is 36.7 Å². The number of unbranched alkanes of at least 4 members (excludes halogenated alkanes) is 1. The molecule has 0 aromatic heterocycles. The van der Waals surface area contributed by atoms with E-state index in [9.17, 15) is 19.5 Å². The van der Waals surface area contributed by atoms with Gasteiger partial charge in [-0.1, -0.05) is 62.6 Å². The van der Waals surface area contributed by atoms with Gasteiger partial charge in [0.05, 0.1) is 19.0 Å². The highest BCUT2D eigenvalue weighted by atomic mass is 16.7. The molecule has 1 aliphatic carbocycles. The van der Waals surface area contributed by atoms with Crippen LogP contribution < -0.4 is 16.4 Å². The van der Waals surface area contributed by atoms with Crippen molar-refractivity contribution in [2.45, 2.75) is 76.9 Å². The molecule has 0 spiro atoms. The summed E-state index contributed by atoms with van der Waals surface area (Å²) in [5.74, 6) is -1.14. The summed E-state index contributed by atoms with van der Waals surface area (Å²) in [6.45, 7) is 8.11. The van der Waals surface area contributed by atoms with Crippen LogP contribution in [0.25, 0.3) is 0 Å². The third-order valence-corrected chi connectivity index (χ3v) is 8.58. The van der Waals surface area contributed by atoms with Gasteiger partial charge in [0.1, 0.15) is 0 Å². The first-order valence-corrected chi connectivity index (χ1v) is 15.2. The van der Waals surface area contributed by atoms with Crippen LogP contribution >= 0.6 is 0 Å². The quantitative estimate of drug-likeness (QED) is 0.0757. The van der Waals surface area contributed by atoms with E-state index in [1.165, 1.54) is 0 Å². The zero-order chi connectivity index (χ0) is 30.3. The molecule has 0 saturated carbocycles. The second-order valence-corrected chi connectivity index (χ2v) is 11.6. The van der Waals surface area contributed by atoms with Crippen LogP contribution in [0.5, 0.6) is 0 Å². The van der Waals surface area contributed by atoms with E-state index < -0.39 is 28.7 Å². The highest BCUT2D eigenvalue weighted by Gasteiger charge is 2.85. The standard InChI is InChI=1S/C33H45N3O6/c1-4-6-9-24(19-35-15-5-2)21-41-31(40)33-30(39)27-11-8-7-10-26(27)29(38)32(33,42-33)18-25(20-37)22(3)12-13-23-14-16-36-28(34)17-23/h7-8,10-11,14,17,24,35-37H,4-6,9,12-13,15-16,18-21,34H2,1-3H3.